The third kappa shape index (κ3) is 3.05. The quantitative estimate of drug-likeness (QED) is 0.578. The van der Waals surface area contributed by atoms with E-state index in [-0.39, 0.29) is 12.3 Å². The fourth-order valence-corrected chi connectivity index (χ4v) is 0.534. The van der Waals surface area contributed by atoms with E-state index in [0.29, 0.717) is 0 Å². The summed E-state index contributed by atoms with van der Waals surface area (Å²) >= 11 is 0. The minimum absolute atomic E-state index is 0.214. The van der Waals surface area contributed by atoms with Crippen molar-refractivity contribution < 1.29 is 9.90 Å². The van der Waals surface area contributed by atoms with Gasteiger partial charge in [-0.1, -0.05) is 0 Å². The van der Waals surface area contributed by atoms with E-state index in [9.17, 15) is 4.79 Å². The molecule has 4 nitrogen and oxygen atoms in total. The number of hydrogen-bond donors (Lipinski definition) is 2. The molecule has 56 valence electrons. The lowest BCUT2D eigenvalue weighted by molar-refractivity contribution is -0.138. The topological polar surface area (TPSA) is 87.1 Å². The van der Waals surface area contributed by atoms with Crippen LogP contribution in [0.3, 0.4) is 0 Å². The van der Waals surface area contributed by atoms with Crippen molar-refractivity contribution in [3.8, 4) is 6.07 Å². The zero-order valence-electron chi connectivity index (χ0n) is 5.74. The van der Waals surface area contributed by atoms with Gasteiger partial charge in [0.25, 0.3) is 0 Å². The van der Waals surface area contributed by atoms with Crippen molar-refractivity contribution in [1.29, 1.82) is 5.26 Å². The Balaban J connectivity index is 3.70. The first-order valence-electron chi connectivity index (χ1n) is 2.96. The highest BCUT2D eigenvalue weighted by Crippen LogP contribution is 2.01. The molecule has 0 amide bonds. The van der Waals surface area contributed by atoms with E-state index < -0.39 is 12.0 Å². The first kappa shape index (κ1) is 8.92. The van der Waals surface area contributed by atoms with Crippen molar-refractivity contribution in [3.63, 3.8) is 0 Å². The molecule has 0 bridgehead atoms. The van der Waals surface area contributed by atoms with E-state index in [4.69, 9.17) is 16.1 Å². The summed E-state index contributed by atoms with van der Waals surface area (Å²) in [6.07, 6.45) is 0.214. The summed E-state index contributed by atoms with van der Waals surface area (Å²) in [5, 5.41) is 16.6. The van der Waals surface area contributed by atoms with Gasteiger partial charge in [0.15, 0.2) is 0 Å². The number of nitriles is 1. The molecule has 0 rings (SSSR count). The summed E-state index contributed by atoms with van der Waals surface area (Å²) in [5.41, 5.74) is 5.14. The minimum atomic E-state index is -1.05. The molecule has 0 aliphatic heterocycles. The standard InChI is InChI=1S/C6H10N2O2/c1-4(3-7)2-5(8)6(9)10/h4-5H,2,8H2,1H3,(H,9,10). The fraction of sp³-hybridized carbons (Fsp3) is 0.667. The summed E-state index contributed by atoms with van der Waals surface area (Å²) in [7, 11) is 0. The molecule has 0 aromatic carbocycles. The Morgan fingerprint density at radius 2 is 2.40 bits per heavy atom. The number of hydrogen-bond acceptors (Lipinski definition) is 3. The van der Waals surface area contributed by atoms with Gasteiger partial charge in [-0.3, -0.25) is 4.79 Å². The van der Waals surface area contributed by atoms with Crippen LogP contribution in [0.4, 0.5) is 0 Å². The van der Waals surface area contributed by atoms with Gasteiger partial charge in [0.05, 0.1) is 6.07 Å². The lowest BCUT2D eigenvalue weighted by atomic mass is 10.0. The maximum absolute atomic E-state index is 10.1. The van der Waals surface area contributed by atoms with Gasteiger partial charge in [0.1, 0.15) is 6.04 Å². The van der Waals surface area contributed by atoms with Gasteiger partial charge < -0.3 is 10.8 Å². The molecule has 4 heteroatoms. The van der Waals surface area contributed by atoms with Crippen LogP contribution in [0.2, 0.25) is 0 Å². The zero-order chi connectivity index (χ0) is 8.15. The van der Waals surface area contributed by atoms with Crippen LogP contribution in [0.15, 0.2) is 0 Å². The van der Waals surface area contributed by atoms with E-state index >= 15 is 0 Å². The Kier molecular flexibility index (Phi) is 3.44. The summed E-state index contributed by atoms with van der Waals surface area (Å²) in [5.74, 6) is -1.34. The number of carbonyl (C=O) groups is 1. The molecular weight excluding hydrogens is 132 g/mol. The molecule has 0 radical (unpaired) electrons. The average Bonchev–Trinajstić information content (AvgIpc) is 1.87. The van der Waals surface area contributed by atoms with E-state index in [1.807, 2.05) is 6.07 Å². The molecule has 0 fully saturated rings. The molecule has 2 unspecified atom stereocenters. The molecule has 0 spiro atoms. The van der Waals surface area contributed by atoms with Gasteiger partial charge in [-0.05, 0) is 13.3 Å². The molecule has 2 atom stereocenters. The van der Waals surface area contributed by atoms with Crippen LogP contribution in [-0.2, 0) is 4.79 Å². The highest BCUT2D eigenvalue weighted by Gasteiger charge is 2.14. The molecular formula is C6H10N2O2. The van der Waals surface area contributed by atoms with Crippen LogP contribution >= 0.6 is 0 Å². The van der Waals surface area contributed by atoms with Crippen molar-refractivity contribution in [1.82, 2.24) is 0 Å². The smallest absolute Gasteiger partial charge is 0.320 e. The van der Waals surface area contributed by atoms with Gasteiger partial charge in [0, 0.05) is 5.92 Å². The fourth-order valence-electron chi connectivity index (χ4n) is 0.534. The second-order valence-electron chi connectivity index (χ2n) is 2.21. The van der Waals surface area contributed by atoms with E-state index in [2.05, 4.69) is 0 Å². The first-order chi connectivity index (χ1) is 4.57. The lowest BCUT2D eigenvalue weighted by Gasteiger charge is -2.05. The Bertz CT molecular complexity index is 162. The van der Waals surface area contributed by atoms with E-state index in [1.165, 1.54) is 0 Å². The Morgan fingerprint density at radius 3 is 2.70 bits per heavy atom. The second-order valence-corrected chi connectivity index (χ2v) is 2.21. The van der Waals surface area contributed by atoms with E-state index in [1.54, 1.807) is 6.92 Å². The number of aliphatic carboxylic acids is 1. The van der Waals surface area contributed by atoms with Gasteiger partial charge in [0.2, 0.25) is 0 Å². The molecule has 0 aliphatic carbocycles. The van der Waals surface area contributed by atoms with Crippen LogP contribution in [-0.4, -0.2) is 17.1 Å². The van der Waals surface area contributed by atoms with Gasteiger partial charge >= 0.3 is 5.97 Å². The number of carboxylic acids is 1. The summed E-state index contributed by atoms with van der Waals surface area (Å²) < 4.78 is 0. The second kappa shape index (κ2) is 3.85. The minimum Gasteiger partial charge on any atom is -0.480 e. The van der Waals surface area contributed by atoms with Crippen molar-refractivity contribution in [2.45, 2.75) is 19.4 Å². The number of rotatable bonds is 3. The normalized spacial score (nSPS) is 15.3. The largest absolute Gasteiger partial charge is 0.480 e. The van der Waals surface area contributed by atoms with Crippen LogP contribution < -0.4 is 5.73 Å². The van der Waals surface area contributed by atoms with E-state index in [0.717, 1.165) is 0 Å². The maximum Gasteiger partial charge on any atom is 0.320 e. The van der Waals surface area contributed by atoms with Crippen molar-refractivity contribution in [2.75, 3.05) is 0 Å². The molecule has 0 aromatic heterocycles. The number of nitrogens with zero attached hydrogens (tertiary/aromatic N) is 1. The number of nitrogens with two attached hydrogens (primary N) is 1. The Labute approximate surface area is 59.3 Å². The molecule has 0 saturated carbocycles. The maximum atomic E-state index is 10.1. The van der Waals surface area contributed by atoms with Gasteiger partial charge in [-0.2, -0.15) is 5.26 Å². The monoisotopic (exact) mass is 142 g/mol. The highest BCUT2D eigenvalue weighted by molar-refractivity contribution is 5.73. The number of carboxylic acid groups (broad SMARTS) is 1. The summed E-state index contributed by atoms with van der Waals surface area (Å²) in [4.78, 5) is 10.1. The summed E-state index contributed by atoms with van der Waals surface area (Å²) in [6, 6.07) is 1.000. The molecule has 0 saturated heterocycles. The van der Waals surface area contributed by atoms with Gasteiger partial charge in [-0.15, -0.1) is 0 Å². The molecule has 10 heavy (non-hydrogen) atoms. The van der Waals surface area contributed by atoms with Crippen LogP contribution in [0.5, 0.6) is 0 Å². The Morgan fingerprint density at radius 1 is 1.90 bits per heavy atom. The van der Waals surface area contributed by atoms with Crippen LogP contribution in [0.25, 0.3) is 0 Å². The van der Waals surface area contributed by atoms with Crippen LogP contribution in [0.1, 0.15) is 13.3 Å². The third-order valence-corrected chi connectivity index (χ3v) is 1.15. The van der Waals surface area contributed by atoms with Crippen molar-refractivity contribution in [3.05, 3.63) is 0 Å². The molecule has 0 heterocycles. The predicted molar refractivity (Wildman–Crippen MR) is 35.0 cm³/mol. The van der Waals surface area contributed by atoms with Crippen LogP contribution in [0, 0.1) is 17.2 Å². The summed E-state index contributed by atoms with van der Waals surface area (Å²) in [6.45, 7) is 1.64. The van der Waals surface area contributed by atoms with Crippen molar-refractivity contribution in [2.24, 2.45) is 11.7 Å². The predicted octanol–water partition coefficient (Wildman–Crippen LogP) is -0.0519. The Hall–Kier alpha value is -1.08. The van der Waals surface area contributed by atoms with Gasteiger partial charge in [-0.25, -0.2) is 0 Å². The lowest BCUT2D eigenvalue weighted by Crippen LogP contribution is -2.31. The third-order valence-electron chi connectivity index (χ3n) is 1.15. The SMILES string of the molecule is CC(C#N)CC(N)C(=O)O. The average molecular weight is 142 g/mol. The highest BCUT2D eigenvalue weighted by atomic mass is 16.4. The molecule has 0 aromatic rings. The van der Waals surface area contributed by atoms with Crippen molar-refractivity contribution >= 4 is 5.97 Å². The zero-order valence-corrected chi connectivity index (χ0v) is 5.74. The molecule has 0 aliphatic rings. The first-order valence-corrected chi connectivity index (χ1v) is 2.96. The molecule has 3 N–H and O–H groups in total.